The molecular formula is C19H20I3NO4. The van der Waals surface area contributed by atoms with Crippen molar-refractivity contribution in [1.29, 1.82) is 0 Å². The lowest BCUT2D eigenvalue weighted by Gasteiger charge is -2.12. The number of esters is 1. The van der Waals surface area contributed by atoms with Crippen molar-refractivity contribution in [2.75, 3.05) is 14.2 Å². The van der Waals surface area contributed by atoms with Crippen molar-refractivity contribution < 1.29 is 19.1 Å². The molecule has 0 atom stereocenters. The van der Waals surface area contributed by atoms with Gasteiger partial charge in [-0.2, -0.15) is 0 Å². The highest BCUT2D eigenvalue weighted by Crippen LogP contribution is 2.20. The van der Waals surface area contributed by atoms with Gasteiger partial charge >= 0.3 is 5.97 Å². The summed E-state index contributed by atoms with van der Waals surface area (Å²) in [5, 5.41) is 3.78. The Labute approximate surface area is 200 Å². The maximum Gasteiger partial charge on any atom is 0.360 e. The Hall–Kier alpha value is -0.630. The highest BCUT2D eigenvalue weighted by molar-refractivity contribution is 14.3. The van der Waals surface area contributed by atoms with E-state index in [1.165, 1.54) is 14.2 Å². The number of aryl methyl sites for hydroxylation is 1. The molecule has 0 fully saturated rings. The molecule has 0 amide bonds. The molecule has 0 saturated heterocycles. The molecule has 0 aliphatic heterocycles. The number of oxime groups is 1. The molecule has 0 N–H and O–H groups in total. The summed E-state index contributed by atoms with van der Waals surface area (Å²) in [5.74, 6) is 0.237. The fourth-order valence-electron chi connectivity index (χ4n) is 2.14. The van der Waals surface area contributed by atoms with Crippen LogP contribution in [0.5, 0.6) is 5.75 Å². The number of methoxy groups -OCH3 is 1. The summed E-state index contributed by atoms with van der Waals surface area (Å²) in [6.45, 7) is 2.29. The maximum atomic E-state index is 11.9. The highest BCUT2D eigenvalue weighted by Gasteiger charge is 2.19. The standard InChI is InChI=1S/C18H19NO4.CHI3/c1-13-8-4-7-11-16(13)23-12-14-9-5-6-10-15(14)17(19-22-3)18(20)21-2;2-1(3)4/h4-11H,12H2,1-3H3;1H/b19-17+;. The lowest BCUT2D eigenvalue weighted by atomic mass is 10.0. The number of hydrogen-bond donors (Lipinski definition) is 0. The normalized spacial score (nSPS) is 10.7. The van der Waals surface area contributed by atoms with Crippen LogP contribution in [0.15, 0.2) is 53.7 Å². The number of para-hydroxylation sites is 1. The Bertz CT molecular complexity index is 763. The number of rotatable bonds is 6. The van der Waals surface area contributed by atoms with Gasteiger partial charge in [-0.15, -0.1) is 0 Å². The zero-order chi connectivity index (χ0) is 20.2. The Morgan fingerprint density at radius 3 is 2.22 bits per heavy atom. The van der Waals surface area contributed by atoms with E-state index in [1.807, 2.05) is 49.4 Å². The summed E-state index contributed by atoms with van der Waals surface area (Å²) in [5.41, 5.74) is 2.59. The van der Waals surface area contributed by atoms with Crippen LogP contribution >= 0.6 is 67.8 Å². The van der Waals surface area contributed by atoms with Crippen LogP contribution in [0.2, 0.25) is 0 Å². The van der Waals surface area contributed by atoms with Gasteiger partial charge in [0.05, 0.1) is 7.11 Å². The third-order valence-corrected chi connectivity index (χ3v) is 3.31. The largest absolute Gasteiger partial charge is 0.489 e. The maximum absolute atomic E-state index is 11.9. The van der Waals surface area contributed by atoms with Crippen molar-refractivity contribution in [3.63, 3.8) is 0 Å². The molecule has 2 aromatic rings. The van der Waals surface area contributed by atoms with Crippen molar-refractivity contribution in [2.45, 2.75) is 13.5 Å². The summed E-state index contributed by atoms with van der Waals surface area (Å²) in [6.07, 6.45) is 0. The average Bonchev–Trinajstić information content (AvgIpc) is 2.65. The van der Waals surface area contributed by atoms with Crippen LogP contribution in [0, 0.1) is 6.92 Å². The van der Waals surface area contributed by atoms with Gasteiger partial charge in [-0.25, -0.2) is 4.79 Å². The monoisotopic (exact) mass is 707 g/mol. The van der Waals surface area contributed by atoms with Gasteiger partial charge in [-0.3, -0.25) is 0 Å². The van der Waals surface area contributed by atoms with Gasteiger partial charge in [0.25, 0.3) is 0 Å². The van der Waals surface area contributed by atoms with E-state index in [1.54, 1.807) is 6.07 Å². The first-order valence-corrected chi connectivity index (χ1v) is 11.5. The summed E-state index contributed by atoms with van der Waals surface area (Å²) in [4.78, 5) is 16.7. The second kappa shape index (κ2) is 13.5. The summed E-state index contributed by atoms with van der Waals surface area (Å²) >= 11 is 6.95. The Morgan fingerprint density at radius 1 is 1.04 bits per heavy atom. The molecule has 2 rings (SSSR count). The fourth-order valence-corrected chi connectivity index (χ4v) is 2.14. The van der Waals surface area contributed by atoms with Crippen LogP contribution in [0.25, 0.3) is 0 Å². The Morgan fingerprint density at radius 2 is 1.63 bits per heavy atom. The number of alkyl halides is 3. The Balaban J connectivity index is 0.000000828. The molecule has 0 radical (unpaired) electrons. The van der Waals surface area contributed by atoms with Gasteiger partial charge in [0.1, 0.15) is 19.4 Å². The van der Waals surface area contributed by atoms with Crippen LogP contribution in [0.1, 0.15) is 16.7 Å². The molecule has 0 unspecified atom stereocenters. The molecule has 146 valence electrons. The summed E-state index contributed by atoms with van der Waals surface area (Å²) < 4.78 is 11.4. The minimum absolute atomic E-state index is 0.110. The van der Waals surface area contributed by atoms with Gasteiger partial charge < -0.3 is 14.3 Å². The SMILES string of the molecule is CO/N=C(/C(=O)OC)c1ccccc1COc1ccccc1C.IC(I)I. The summed E-state index contributed by atoms with van der Waals surface area (Å²) in [6, 6.07) is 15.1. The number of halogens is 3. The van der Waals surface area contributed by atoms with Crippen LogP contribution in [0.3, 0.4) is 0 Å². The molecule has 0 heterocycles. The van der Waals surface area contributed by atoms with Crippen LogP contribution in [-0.2, 0) is 21.0 Å². The van der Waals surface area contributed by atoms with E-state index >= 15 is 0 Å². The first kappa shape index (κ1) is 24.4. The minimum Gasteiger partial charge on any atom is -0.489 e. The lowest BCUT2D eigenvalue weighted by Crippen LogP contribution is -2.19. The van der Waals surface area contributed by atoms with Crippen LogP contribution in [0.4, 0.5) is 0 Å². The van der Waals surface area contributed by atoms with E-state index in [0.717, 1.165) is 16.8 Å². The number of benzene rings is 2. The highest BCUT2D eigenvalue weighted by atomic mass is 127. The second-order valence-corrected chi connectivity index (χ2v) is 16.0. The molecule has 0 aromatic heterocycles. The number of ether oxygens (including phenoxy) is 2. The quantitative estimate of drug-likeness (QED) is 0.128. The minimum atomic E-state index is -0.560. The fraction of sp³-hybridized carbons (Fsp3) is 0.263. The average molecular weight is 707 g/mol. The van der Waals surface area contributed by atoms with E-state index < -0.39 is 5.97 Å². The Kier molecular flexibility index (Phi) is 12.2. The van der Waals surface area contributed by atoms with Crippen molar-refractivity contribution in [1.82, 2.24) is 0 Å². The van der Waals surface area contributed by atoms with E-state index in [0.29, 0.717) is 12.2 Å². The number of hydrogen-bond acceptors (Lipinski definition) is 5. The van der Waals surface area contributed by atoms with Crippen molar-refractivity contribution in [3.05, 3.63) is 65.2 Å². The molecule has 5 nitrogen and oxygen atoms in total. The van der Waals surface area contributed by atoms with Gasteiger partial charge in [0, 0.05) is 5.56 Å². The predicted molar refractivity (Wildman–Crippen MR) is 133 cm³/mol. The third-order valence-electron chi connectivity index (χ3n) is 3.31. The molecule has 0 saturated carbocycles. The number of carbonyl (C=O) groups is 1. The van der Waals surface area contributed by atoms with E-state index in [2.05, 4.69) is 72.9 Å². The number of nitrogens with zero attached hydrogens (tertiary/aromatic N) is 1. The molecule has 0 aliphatic carbocycles. The molecule has 27 heavy (non-hydrogen) atoms. The molecule has 0 spiro atoms. The van der Waals surface area contributed by atoms with Gasteiger partial charge in [0.2, 0.25) is 0 Å². The number of carbonyl (C=O) groups excluding carboxylic acids is 1. The van der Waals surface area contributed by atoms with Gasteiger partial charge in [-0.05, 0) is 24.1 Å². The first-order valence-electron chi connectivity index (χ1n) is 7.79. The van der Waals surface area contributed by atoms with E-state index in [9.17, 15) is 4.79 Å². The smallest absolute Gasteiger partial charge is 0.360 e. The molecule has 2 aromatic carbocycles. The predicted octanol–water partition coefficient (Wildman–Crippen LogP) is 5.67. The molecular weight excluding hydrogens is 687 g/mol. The molecule has 8 heteroatoms. The third kappa shape index (κ3) is 8.94. The molecule has 0 bridgehead atoms. The van der Waals surface area contributed by atoms with Crippen molar-refractivity contribution >= 4 is 79.5 Å². The van der Waals surface area contributed by atoms with Crippen molar-refractivity contribution in [2.24, 2.45) is 5.16 Å². The van der Waals surface area contributed by atoms with Crippen molar-refractivity contribution in [3.8, 4) is 5.75 Å². The van der Waals surface area contributed by atoms with Crippen LogP contribution < -0.4 is 4.74 Å². The topological polar surface area (TPSA) is 57.1 Å². The molecule has 0 aliphatic rings. The van der Waals surface area contributed by atoms with Gasteiger partial charge in [0.15, 0.2) is 5.71 Å². The van der Waals surface area contributed by atoms with Gasteiger partial charge in [-0.1, -0.05) is 115 Å². The lowest BCUT2D eigenvalue weighted by molar-refractivity contribution is -0.132. The first-order chi connectivity index (χ1) is 12.9. The summed E-state index contributed by atoms with van der Waals surface area (Å²) in [7, 11) is 2.69. The second-order valence-electron chi connectivity index (χ2n) is 5.07. The van der Waals surface area contributed by atoms with Crippen LogP contribution in [-0.4, -0.2) is 25.8 Å². The van der Waals surface area contributed by atoms with E-state index in [4.69, 9.17) is 14.3 Å². The van der Waals surface area contributed by atoms with E-state index in [-0.39, 0.29) is 5.71 Å². The zero-order valence-corrected chi connectivity index (χ0v) is 21.6. The zero-order valence-electron chi connectivity index (χ0n) is 15.1.